The van der Waals surface area contributed by atoms with Crippen LogP contribution in [-0.4, -0.2) is 5.11 Å². The molecule has 0 saturated carbocycles. The van der Waals surface area contributed by atoms with Crippen molar-refractivity contribution in [1.29, 1.82) is 0 Å². The Bertz CT molecular complexity index is 315. The lowest BCUT2D eigenvalue weighted by molar-refractivity contribution is 0.474. The monoisotopic (exact) mass is 262 g/mol. The van der Waals surface area contributed by atoms with E-state index in [1.54, 1.807) is 12.1 Å². The van der Waals surface area contributed by atoms with E-state index in [0.29, 0.717) is 11.7 Å². The number of unbranched alkanes of at least 4 members (excludes halogenated alkanes) is 7. The molecule has 0 bridgehead atoms. The number of benzene rings is 1. The number of aromatic hydroxyl groups is 1. The van der Waals surface area contributed by atoms with Crippen molar-refractivity contribution < 1.29 is 5.11 Å². The molecule has 108 valence electrons. The standard InChI is InChI=1S/C18H30O/c1-3-4-5-6-7-8-9-10-11-16(2)17-12-14-18(19)15-13-17/h12-16,19H,3-11H2,1-2H3. The summed E-state index contributed by atoms with van der Waals surface area (Å²) in [6, 6.07) is 7.68. The molecule has 0 aliphatic heterocycles. The van der Waals surface area contributed by atoms with Crippen LogP contribution in [-0.2, 0) is 0 Å². The van der Waals surface area contributed by atoms with Crippen molar-refractivity contribution in [2.24, 2.45) is 0 Å². The number of phenols is 1. The molecule has 0 aromatic heterocycles. The van der Waals surface area contributed by atoms with Crippen molar-refractivity contribution >= 4 is 0 Å². The van der Waals surface area contributed by atoms with Crippen LogP contribution in [0.4, 0.5) is 0 Å². The van der Waals surface area contributed by atoms with Crippen LogP contribution in [0.15, 0.2) is 24.3 Å². The lowest BCUT2D eigenvalue weighted by Crippen LogP contribution is -1.93. The second-order valence-electron chi connectivity index (χ2n) is 5.76. The Morgan fingerprint density at radius 3 is 1.95 bits per heavy atom. The van der Waals surface area contributed by atoms with Gasteiger partial charge in [0.05, 0.1) is 0 Å². The van der Waals surface area contributed by atoms with Crippen molar-refractivity contribution in [2.75, 3.05) is 0 Å². The molecule has 0 radical (unpaired) electrons. The largest absolute Gasteiger partial charge is 0.508 e. The van der Waals surface area contributed by atoms with E-state index in [1.807, 2.05) is 12.1 Å². The van der Waals surface area contributed by atoms with Crippen LogP contribution in [0.3, 0.4) is 0 Å². The van der Waals surface area contributed by atoms with E-state index in [2.05, 4.69) is 13.8 Å². The summed E-state index contributed by atoms with van der Waals surface area (Å²) in [6.07, 6.45) is 12.3. The van der Waals surface area contributed by atoms with Gasteiger partial charge in [-0.2, -0.15) is 0 Å². The molecular weight excluding hydrogens is 232 g/mol. The molecule has 1 atom stereocenters. The Morgan fingerprint density at radius 2 is 1.37 bits per heavy atom. The summed E-state index contributed by atoms with van der Waals surface area (Å²) in [5.41, 5.74) is 1.35. The molecule has 1 aromatic carbocycles. The van der Waals surface area contributed by atoms with Crippen molar-refractivity contribution in [1.82, 2.24) is 0 Å². The van der Waals surface area contributed by atoms with Crippen LogP contribution >= 0.6 is 0 Å². The molecule has 0 spiro atoms. The first-order chi connectivity index (χ1) is 9.24. The normalized spacial score (nSPS) is 12.5. The number of hydrogen-bond acceptors (Lipinski definition) is 1. The third-order valence-corrected chi connectivity index (χ3v) is 3.95. The summed E-state index contributed by atoms with van der Waals surface area (Å²) in [4.78, 5) is 0. The summed E-state index contributed by atoms with van der Waals surface area (Å²) in [7, 11) is 0. The van der Waals surface area contributed by atoms with Gasteiger partial charge in [0.1, 0.15) is 5.75 Å². The average Bonchev–Trinajstić information content (AvgIpc) is 2.42. The van der Waals surface area contributed by atoms with Crippen LogP contribution in [0.5, 0.6) is 5.75 Å². The molecule has 1 N–H and O–H groups in total. The van der Waals surface area contributed by atoms with E-state index in [9.17, 15) is 5.11 Å². The van der Waals surface area contributed by atoms with E-state index in [-0.39, 0.29) is 0 Å². The maximum atomic E-state index is 9.27. The summed E-state index contributed by atoms with van der Waals surface area (Å²) >= 11 is 0. The summed E-state index contributed by atoms with van der Waals surface area (Å²) in [5, 5.41) is 9.27. The minimum absolute atomic E-state index is 0.364. The van der Waals surface area contributed by atoms with Gasteiger partial charge in [-0.15, -0.1) is 0 Å². The van der Waals surface area contributed by atoms with Crippen molar-refractivity contribution in [2.45, 2.75) is 77.6 Å². The second-order valence-corrected chi connectivity index (χ2v) is 5.76. The smallest absolute Gasteiger partial charge is 0.115 e. The van der Waals surface area contributed by atoms with E-state index in [1.165, 1.54) is 63.4 Å². The van der Waals surface area contributed by atoms with E-state index < -0.39 is 0 Å². The van der Waals surface area contributed by atoms with Crippen LogP contribution in [0.1, 0.15) is 83.1 Å². The second kappa shape index (κ2) is 9.89. The predicted molar refractivity (Wildman–Crippen MR) is 83.7 cm³/mol. The van der Waals surface area contributed by atoms with E-state index in [0.717, 1.165) is 0 Å². The van der Waals surface area contributed by atoms with Gasteiger partial charge in [0.25, 0.3) is 0 Å². The van der Waals surface area contributed by atoms with Gasteiger partial charge in [0.15, 0.2) is 0 Å². The van der Waals surface area contributed by atoms with Crippen molar-refractivity contribution in [3.8, 4) is 5.75 Å². The summed E-state index contributed by atoms with van der Waals surface area (Å²) < 4.78 is 0. The third-order valence-electron chi connectivity index (χ3n) is 3.95. The zero-order valence-corrected chi connectivity index (χ0v) is 12.7. The topological polar surface area (TPSA) is 20.2 Å². The van der Waals surface area contributed by atoms with Gasteiger partial charge in [-0.3, -0.25) is 0 Å². The maximum Gasteiger partial charge on any atom is 0.115 e. The molecule has 0 amide bonds. The number of phenolic OH excluding ortho intramolecular Hbond substituents is 1. The minimum Gasteiger partial charge on any atom is -0.508 e. The quantitative estimate of drug-likeness (QED) is 0.511. The third kappa shape index (κ3) is 7.25. The highest BCUT2D eigenvalue weighted by Crippen LogP contribution is 2.23. The first-order valence-corrected chi connectivity index (χ1v) is 8.03. The molecule has 1 rings (SSSR count). The Kier molecular flexibility index (Phi) is 8.36. The lowest BCUT2D eigenvalue weighted by Gasteiger charge is -2.11. The van der Waals surface area contributed by atoms with Crippen LogP contribution < -0.4 is 0 Å². The van der Waals surface area contributed by atoms with E-state index in [4.69, 9.17) is 0 Å². The molecule has 1 unspecified atom stereocenters. The minimum atomic E-state index is 0.364. The first kappa shape index (κ1) is 16.1. The van der Waals surface area contributed by atoms with Crippen molar-refractivity contribution in [3.63, 3.8) is 0 Å². The Morgan fingerprint density at radius 1 is 0.842 bits per heavy atom. The molecular formula is C18H30O. The Hall–Kier alpha value is -0.980. The fraction of sp³-hybridized carbons (Fsp3) is 0.667. The number of hydrogen-bond donors (Lipinski definition) is 1. The van der Waals surface area contributed by atoms with Gasteiger partial charge in [-0.25, -0.2) is 0 Å². The lowest BCUT2D eigenvalue weighted by atomic mass is 9.94. The Labute approximate surface area is 119 Å². The van der Waals surface area contributed by atoms with Crippen LogP contribution in [0.25, 0.3) is 0 Å². The van der Waals surface area contributed by atoms with Gasteiger partial charge in [0.2, 0.25) is 0 Å². The molecule has 1 heteroatoms. The van der Waals surface area contributed by atoms with Gasteiger partial charge < -0.3 is 5.11 Å². The average molecular weight is 262 g/mol. The SMILES string of the molecule is CCCCCCCCCCC(C)c1ccc(O)cc1. The molecule has 0 heterocycles. The van der Waals surface area contributed by atoms with Crippen LogP contribution in [0, 0.1) is 0 Å². The van der Waals surface area contributed by atoms with Crippen LogP contribution in [0.2, 0.25) is 0 Å². The van der Waals surface area contributed by atoms with Gasteiger partial charge in [-0.1, -0.05) is 77.3 Å². The fourth-order valence-corrected chi connectivity index (χ4v) is 2.55. The number of rotatable bonds is 10. The molecule has 0 fully saturated rings. The highest BCUT2D eigenvalue weighted by atomic mass is 16.3. The van der Waals surface area contributed by atoms with Gasteiger partial charge in [-0.05, 0) is 30.0 Å². The molecule has 19 heavy (non-hydrogen) atoms. The zero-order chi connectivity index (χ0) is 13.9. The highest BCUT2D eigenvalue weighted by molar-refractivity contribution is 5.27. The maximum absolute atomic E-state index is 9.27. The van der Waals surface area contributed by atoms with Gasteiger partial charge in [0, 0.05) is 0 Å². The predicted octanol–water partition coefficient (Wildman–Crippen LogP) is 6.03. The van der Waals surface area contributed by atoms with Crippen molar-refractivity contribution in [3.05, 3.63) is 29.8 Å². The molecule has 0 aliphatic rings. The zero-order valence-electron chi connectivity index (χ0n) is 12.7. The summed E-state index contributed by atoms with van der Waals surface area (Å²) in [6.45, 7) is 4.55. The fourth-order valence-electron chi connectivity index (χ4n) is 2.55. The van der Waals surface area contributed by atoms with Gasteiger partial charge >= 0.3 is 0 Å². The highest BCUT2D eigenvalue weighted by Gasteiger charge is 2.04. The Balaban J connectivity index is 2.04. The first-order valence-electron chi connectivity index (χ1n) is 8.03. The molecule has 1 aromatic rings. The molecule has 0 saturated heterocycles. The molecule has 0 aliphatic carbocycles. The van der Waals surface area contributed by atoms with E-state index >= 15 is 0 Å². The summed E-state index contributed by atoms with van der Waals surface area (Å²) in [5.74, 6) is 0.976. The molecule has 1 nitrogen and oxygen atoms in total.